The summed E-state index contributed by atoms with van der Waals surface area (Å²) < 4.78 is 3.36. The van der Waals surface area contributed by atoms with Crippen molar-refractivity contribution in [2.45, 2.75) is 23.4 Å². The normalized spacial score (nSPS) is 10.8. The van der Waals surface area contributed by atoms with Crippen LogP contribution in [0.3, 0.4) is 0 Å². The molecule has 6 aromatic rings. The maximum atomic E-state index is 13.0. The van der Waals surface area contributed by atoms with E-state index in [1.54, 1.807) is 58.4 Å². The minimum atomic E-state index is -0.314. The van der Waals surface area contributed by atoms with Gasteiger partial charge in [-0.15, -0.1) is 0 Å². The highest BCUT2D eigenvalue weighted by Crippen LogP contribution is 2.29. The van der Waals surface area contributed by atoms with E-state index in [1.165, 1.54) is 23.5 Å². The van der Waals surface area contributed by atoms with Crippen LogP contribution in [0.5, 0.6) is 0 Å². The van der Waals surface area contributed by atoms with Gasteiger partial charge in [0.2, 0.25) is 11.9 Å². The molecule has 0 fully saturated rings. The van der Waals surface area contributed by atoms with Crippen molar-refractivity contribution < 1.29 is 9.59 Å². The molecule has 0 saturated carbocycles. The van der Waals surface area contributed by atoms with Gasteiger partial charge in [0.05, 0.1) is 5.08 Å². The average molecular weight is 635 g/mol. The van der Waals surface area contributed by atoms with Gasteiger partial charge in [0, 0.05) is 50.3 Å². The lowest BCUT2D eigenvalue weighted by atomic mass is 10.2. The third-order valence-electron chi connectivity index (χ3n) is 6.32. The zero-order valence-electron chi connectivity index (χ0n) is 23.7. The zero-order valence-corrected chi connectivity index (χ0v) is 25.4. The lowest BCUT2D eigenvalue weighted by Crippen LogP contribution is -2.23. The molecular weight excluding hydrogens is 609 g/mol. The fraction of sp³-hybridized carbons (Fsp3) is 0.0968. The standard InChI is InChI=1S/C31H26N10O2S2/c42-26(36-17-22-9-3-1-4-10-22)24-19-40(28-32-13-7-14-33-28)30(38-24)44-21-45-31-39-25(20-41(31)29-34-15-8-16-35-29)27(43)37-18-23-11-5-2-6-12-23/h1-16,19-20H,17-18,21H2,(H,36,42)(H,37,43). The molecule has 6 rings (SSSR count). The zero-order chi connectivity index (χ0) is 30.8. The molecular formula is C31H26N10O2S2. The van der Waals surface area contributed by atoms with Crippen molar-refractivity contribution in [1.29, 1.82) is 0 Å². The third-order valence-corrected chi connectivity index (χ3v) is 8.35. The summed E-state index contributed by atoms with van der Waals surface area (Å²) in [5, 5.41) is 7.31. The SMILES string of the molecule is O=C(NCc1ccccc1)c1cn(-c2ncccn2)c(SCSc2nc(C(=O)NCc3ccccc3)cn2-c2ncccn2)n1. The summed E-state index contributed by atoms with van der Waals surface area (Å²) in [6, 6.07) is 22.7. The average Bonchev–Trinajstić information content (AvgIpc) is 3.73. The number of rotatable bonds is 12. The molecule has 4 heterocycles. The summed E-state index contributed by atoms with van der Waals surface area (Å²) in [6.45, 7) is 0.746. The molecule has 0 saturated heterocycles. The van der Waals surface area contributed by atoms with Gasteiger partial charge in [-0.2, -0.15) is 0 Å². The van der Waals surface area contributed by atoms with E-state index in [0.29, 0.717) is 40.4 Å². The molecule has 4 aromatic heterocycles. The molecule has 45 heavy (non-hydrogen) atoms. The summed E-state index contributed by atoms with van der Waals surface area (Å²) in [4.78, 5) is 52.6. The quantitative estimate of drug-likeness (QED) is 0.147. The maximum absolute atomic E-state index is 13.0. The largest absolute Gasteiger partial charge is 0.347 e. The molecule has 0 unspecified atom stereocenters. The minimum Gasteiger partial charge on any atom is -0.347 e. The number of thioether (sulfide) groups is 2. The molecule has 2 N–H and O–H groups in total. The molecule has 0 spiro atoms. The van der Waals surface area contributed by atoms with Crippen LogP contribution in [0.1, 0.15) is 32.1 Å². The van der Waals surface area contributed by atoms with Crippen molar-refractivity contribution in [3.63, 3.8) is 0 Å². The number of aromatic nitrogens is 8. The number of nitrogens with one attached hydrogen (secondary N) is 2. The van der Waals surface area contributed by atoms with E-state index in [9.17, 15) is 9.59 Å². The molecule has 0 aliphatic carbocycles. The number of nitrogens with zero attached hydrogens (tertiary/aromatic N) is 8. The first kappa shape index (κ1) is 29.7. The van der Waals surface area contributed by atoms with Gasteiger partial charge < -0.3 is 10.6 Å². The Bertz CT molecular complexity index is 1730. The van der Waals surface area contributed by atoms with E-state index in [1.807, 2.05) is 60.7 Å². The second-order valence-electron chi connectivity index (χ2n) is 9.40. The Morgan fingerprint density at radius 2 is 0.978 bits per heavy atom. The summed E-state index contributed by atoms with van der Waals surface area (Å²) >= 11 is 2.76. The van der Waals surface area contributed by atoms with Gasteiger partial charge in [0.15, 0.2) is 10.3 Å². The van der Waals surface area contributed by atoms with E-state index in [0.717, 1.165) is 11.1 Å². The van der Waals surface area contributed by atoms with Crippen LogP contribution in [0.4, 0.5) is 0 Å². The van der Waals surface area contributed by atoms with Gasteiger partial charge in [0.25, 0.3) is 11.8 Å². The number of benzene rings is 2. The number of carbonyl (C=O) groups excluding carboxylic acids is 2. The Labute approximate surface area is 266 Å². The predicted molar refractivity (Wildman–Crippen MR) is 170 cm³/mol. The van der Waals surface area contributed by atoms with Crippen LogP contribution in [0.25, 0.3) is 11.9 Å². The highest BCUT2D eigenvalue weighted by atomic mass is 32.2. The van der Waals surface area contributed by atoms with Crippen molar-refractivity contribution in [2.75, 3.05) is 5.08 Å². The lowest BCUT2D eigenvalue weighted by molar-refractivity contribution is 0.0938. The van der Waals surface area contributed by atoms with E-state index < -0.39 is 0 Å². The number of carbonyl (C=O) groups is 2. The van der Waals surface area contributed by atoms with Gasteiger partial charge in [-0.25, -0.2) is 29.9 Å². The van der Waals surface area contributed by atoms with Crippen molar-refractivity contribution in [2.24, 2.45) is 0 Å². The molecule has 0 radical (unpaired) electrons. The highest BCUT2D eigenvalue weighted by Gasteiger charge is 2.20. The molecule has 14 heteroatoms. The first-order chi connectivity index (χ1) is 22.1. The molecule has 0 aliphatic heterocycles. The summed E-state index contributed by atoms with van der Waals surface area (Å²) in [6.07, 6.45) is 9.75. The van der Waals surface area contributed by atoms with Crippen LogP contribution >= 0.6 is 23.5 Å². The minimum absolute atomic E-state index is 0.238. The fourth-order valence-electron chi connectivity index (χ4n) is 4.14. The second-order valence-corrected chi connectivity index (χ2v) is 11.6. The number of amides is 2. The number of imidazole rings is 2. The van der Waals surface area contributed by atoms with Gasteiger partial charge in [0.1, 0.15) is 11.4 Å². The van der Waals surface area contributed by atoms with Crippen molar-refractivity contribution >= 4 is 35.3 Å². The van der Waals surface area contributed by atoms with Crippen LogP contribution in [0.15, 0.2) is 120 Å². The molecule has 12 nitrogen and oxygen atoms in total. The maximum Gasteiger partial charge on any atom is 0.271 e. The second kappa shape index (κ2) is 14.4. The van der Waals surface area contributed by atoms with Gasteiger partial charge in [-0.1, -0.05) is 84.2 Å². The monoisotopic (exact) mass is 634 g/mol. The topological polar surface area (TPSA) is 145 Å². The fourth-order valence-corrected chi connectivity index (χ4v) is 6.09. The van der Waals surface area contributed by atoms with E-state index >= 15 is 0 Å². The smallest absolute Gasteiger partial charge is 0.271 e. The highest BCUT2D eigenvalue weighted by molar-refractivity contribution is 8.15. The molecule has 0 aliphatic rings. The van der Waals surface area contributed by atoms with E-state index in [4.69, 9.17) is 0 Å². The van der Waals surface area contributed by atoms with Crippen LogP contribution < -0.4 is 10.6 Å². The van der Waals surface area contributed by atoms with Crippen LogP contribution in [0, 0.1) is 0 Å². The Morgan fingerprint density at radius 3 is 1.38 bits per heavy atom. The molecule has 2 amide bonds. The third kappa shape index (κ3) is 7.60. The number of hydrogen-bond acceptors (Lipinski definition) is 10. The Hall–Kier alpha value is -5.34. The van der Waals surface area contributed by atoms with E-state index in [2.05, 4.69) is 40.5 Å². The van der Waals surface area contributed by atoms with Crippen LogP contribution in [0.2, 0.25) is 0 Å². The van der Waals surface area contributed by atoms with Gasteiger partial charge in [-0.05, 0) is 23.3 Å². The summed E-state index contributed by atoms with van der Waals surface area (Å²) in [5.41, 5.74) is 2.44. The van der Waals surface area contributed by atoms with E-state index in [-0.39, 0.29) is 23.2 Å². The first-order valence-electron chi connectivity index (χ1n) is 13.8. The first-order valence-corrected chi connectivity index (χ1v) is 15.7. The van der Waals surface area contributed by atoms with Crippen LogP contribution in [-0.2, 0) is 13.1 Å². The molecule has 224 valence electrons. The Morgan fingerprint density at radius 1 is 0.578 bits per heavy atom. The summed E-state index contributed by atoms with van der Waals surface area (Å²) in [7, 11) is 0. The Kier molecular flexibility index (Phi) is 9.52. The van der Waals surface area contributed by atoms with Crippen LogP contribution in [-0.4, -0.2) is 55.9 Å². The Balaban J connectivity index is 1.19. The molecule has 2 aromatic carbocycles. The van der Waals surface area contributed by atoms with Crippen molar-refractivity contribution in [3.05, 3.63) is 132 Å². The molecule has 0 atom stereocenters. The van der Waals surface area contributed by atoms with Crippen molar-refractivity contribution in [1.82, 2.24) is 49.7 Å². The lowest BCUT2D eigenvalue weighted by Gasteiger charge is -2.06. The van der Waals surface area contributed by atoms with Gasteiger partial charge in [-0.3, -0.25) is 18.7 Å². The molecule has 0 bridgehead atoms. The summed E-state index contributed by atoms with van der Waals surface area (Å²) in [5.74, 6) is 0.143. The van der Waals surface area contributed by atoms with Crippen molar-refractivity contribution in [3.8, 4) is 11.9 Å². The number of hydrogen-bond donors (Lipinski definition) is 2. The van der Waals surface area contributed by atoms with Gasteiger partial charge >= 0.3 is 0 Å². The predicted octanol–water partition coefficient (Wildman–Crippen LogP) is 4.34.